The Hall–Kier alpha value is -3.30. The van der Waals surface area contributed by atoms with Crippen LogP contribution >= 0.6 is 22.7 Å². The van der Waals surface area contributed by atoms with Crippen molar-refractivity contribution in [1.82, 2.24) is 15.2 Å². The third-order valence-electron chi connectivity index (χ3n) is 4.67. The molecule has 0 saturated heterocycles. The topological polar surface area (TPSA) is 80.8 Å². The molecule has 1 atom stereocenters. The van der Waals surface area contributed by atoms with Gasteiger partial charge in [-0.2, -0.15) is 5.10 Å². The average Bonchev–Trinajstić information content (AvgIpc) is 3.58. The zero-order chi connectivity index (χ0) is 20.3. The van der Waals surface area contributed by atoms with Gasteiger partial charge in [-0.15, -0.1) is 32.9 Å². The number of nitrogens with zero attached hydrogens (tertiary/aromatic N) is 4. The van der Waals surface area contributed by atoms with E-state index in [1.807, 2.05) is 47.2 Å². The highest BCUT2D eigenvalue weighted by molar-refractivity contribution is 7.12. The predicted octanol–water partition coefficient (Wildman–Crippen LogP) is 4.62. The molecule has 1 amide bonds. The van der Waals surface area contributed by atoms with Gasteiger partial charge in [0.25, 0.3) is 5.91 Å². The number of carbonyl (C=O) groups excluding carboxylic acids is 1. The summed E-state index contributed by atoms with van der Waals surface area (Å²) in [4.78, 5) is 15.2. The summed E-state index contributed by atoms with van der Waals surface area (Å²) in [6.07, 6.45) is 1.98. The SMILES string of the molecule is O=C(COc1ccc(-c2nnco2)cc1)N1N=C(c2cccs2)CC1c1cccs1. The lowest BCUT2D eigenvalue weighted by molar-refractivity contribution is -0.135. The summed E-state index contributed by atoms with van der Waals surface area (Å²) in [5.41, 5.74) is 1.72. The summed E-state index contributed by atoms with van der Waals surface area (Å²) in [6, 6.07) is 15.1. The first-order valence-electron chi connectivity index (χ1n) is 9.24. The van der Waals surface area contributed by atoms with Crippen molar-refractivity contribution in [1.29, 1.82) is 0 Å². The van der Waals surface area contributed by atoms with Crippen LogP contribution in [0.2, 0.25) is 0 Å². The van der Waals surface area contributed by atoms with Crippen molar-refractivity contribution in [3.05, 3.63) is 75.4 Å². The lowest BCUT2D eigenvalue weighted by Crippen LogP contribution is -2.31. The van der Waals surface area contributed by atoms with Crippen LogP contribution in [0.5, 0.6) is 5.75 Å². The number of ether oxygens (including phenoxy) is 1. The van der Waals surface area contributed by atoms with Crippen molar-refractivity contribution in [3.63, 3.8) is 0 Å². The first-order valence-corrected chi connectivity index (χ1v) is 11.0. The number of amides is 1. The first kappa shape index (κ1) is 18.7. The fourth-order valence-electron chi connectivity index (χ4n) is 3.24. The Morgan fingerprint density at radius 3 is 2.67 bits per heavy atom. The summed E-state index contributed by atoms with van der Waals surface area (Å²) in [5.74, 6) is 0.839. The molecule has 4 aromatic rings. The highest BCUT2D eigenvalue weighted by Gasteiger charge is 2.34. The molecule has 5 rings (SSSR count). The zero-order valence-electron chi connectivity index (χ0n) is 15.7. The summed E-state index contributed by atoms with van der Waals surface area (Å²) in [5, 5.41) is 17.8. The molecular formula is C21H16N4O3S2. The van der Waals surface area contributed by atoms with Gasteiger partial charge in [0.1, 0.15) is 5.75 Å². The monoisotopic (exact) mass is 436 g/mol. The minimum atomic E-state index is -0.180. The van der Waals surface area contributed by atoms with Gasteiger partial charge in [0.2, 0.25) is 12.3 Å². The van der Waals surface area contributed by atoms with Crippen molar-refractivity contribution >= 4 is 34.3 Å². The van der Waals surface area contributed by atoms with Crippen LogP contribution in [0.3, 0.4) is 0 Å². The number of hydrogen-bond acceptors (Lipinski definition) is 8. The Kier molecular flexibility index (Phi) is 5.12. The molecule has 1 aliphatic heterocycles. The normalized spacial score (nSPS) is 15.9. The Morgan fingerprint density at radius 2 is 1.97 bits per heavy atom. The van der Waals surface area contributed by atoms with Crippen LogP contribution in [0.25, 0.3) is 11.5 Å². The molecule has 1 unspecified atom stereocenters. The molecule has 0 aliphatic carbocycles. The van der Waals surface area contributed by atoms with Gasteiger partial charge in [-0.1, -0.05) is 12.1 Å². The summed E-state index contributed by atoms with van der Waals surface area (Å²) in [7, 11) is 0. The maximum absolute atomic E-state index is 13.0. The molecule has 1 aromatic carbocycles. The summed E-state index contributed by atoms with van der Waals surface area (Å²) < 4.78 is 10.9. The summed E-state index contributed by atoms with van der Waals surface area (Å²) in [6.45, 7) is -0.0942. The second-order valence-corrected chi connectivity index (χ2v) is 8.48. The minimum Gasteiger partial charge on any atom is -0.484 e. The lowest BCUT2D eigenvalue weighted by Gasteiger charge is -2.20. The van der Waals surface area contributed by atoms with Gasteiger partial charge >= 0.3 is 0 Å². The molecule has 4 heterocycles. The van der Waals surface area contributed by atoms with E-state index < -0.39 is 0 Å². The predicted molar refractivity (Wildman–Crippen MR) is 115 cm³/mol. The molecule has 7 nitrogen and oxygen atoms in total. The van der Waals surface area contributed by atoms with Crippen LogP contribution in [-0.2, 0) is 4.79 Å². The molecule has 9 heteroatoms. The van der Waals surface area contributed by atoms with Gasteiger partial charge in [0, 0.05) is 16.9 Å². The van der Waals surface area contributed by atoms with Gasteiger partial charge in [0.15, 0.2) is 6.61 Å². The first-order chi connectivity index (χ1) is 14.8. The highest BCUT2D eigenvalue weighted by Crippen LogP contribution is 2.36. The van der Waals surface area contributed by atoms with Crippen LogP contribution in [0.1, 0.15) is 22.2 Å². The van der Waals surface area contributed by atoms with Crippen molar-refractivity contribution in [3.8, 4) is 17.2 Å². The quantitative estimate of drug-likeness (QED) is 0.441. The second kappa shape index (κ2) is 8.21. The highest BCUT2D eigenvalue weighted by atomic mass is 32.1. The number of rotatable bonds is 6. The Morgan fingerprint density at radius 1 is 1.13 bits per heavy atom. The third kappa shape index (κ3) is 3.77. The maximum atomic E-state index is 13.0. The van der Waals surface area contributed by atoms with Crippen LogP contribution < -0.4 is 4.74 Å². The molecule has 0 radical (unpaired) electrons. The molecule has 0 fully saturated rings. The van der Waals surface area contributed by atoms with Gasteiger partial charge in [-0.25, -0.2) is 5.01 Å². The molecule has 0 bridgehead atoms. The van der Waals surface area contributed by atoms with E-state index in [9.17, 15) is 4.79 Å². The van der Waals surface area contributed by atoms with E-state index in [1.165, 1.54) is 6.39 Å². The zero-order valence-corrected chi connectivity index (χ0v) is 17.3. The lowest BCUT2D eigenvalue weighted by atomic mass is 10.1. The van der Waals surface area contributed by atoms with E-state index in [2.05, 4.69) is 15.3 Å². The molecule has 0 N–H and O–H groups in total. The van der Waals surface area contributed by atoms with E-state index in [0.717, 1.165) is 21.0 Å². The number of carbonyl (C=O) groups is 1. The molecule has 3 aromatic heterocycles. The van der Waals surface area contributed by atoms with E-state index in [0.29, 0.717) is 18.1 Å². The van der Waals surface area contributed by atoms with Crippen LogP contribution in [0.4, 0.5) is 0 Å². The maximum Gasteiger partial charge on any atom is 0.281 e. The largest absolute Gasteiger partial charge is 0.484 e. The Balaban J connectivity index is 1.30. The summed E-state index contributed by atoms with van der Waals surface area (Å²) >= 11 is 3.26. The molecule has 150 valence electrons. The molecule has 0 spiro atoms. The van der Waals surface area contributed by atoms with E-state index in [1.54, 1.807) is 39.8 Å². The van der Waals surface area contributed by atoms with Crippen LogP contribution in [0, 0.1) is 0 Å². The number of thiophene rings is 2. The molecular weight excluding hydrogens is 420 g/mol. The number of hydrogen-bond donors (Lipinski definition) is 0. The number of hydrazone groups is 1. The van der Waals surface area contributed by atoms with Gasteiger partial charge in [-0.05, 0) is 47.2 Å². The van der Waals surface area contributed by atoms with Gasteiger partial charge < -0.3 is 9.15 Å². The third-order valence-corrected chi connectivity index (χ3v) is 6.56. The standard InChI is InChI=1S/C21H16N4O3S2/c26-20(12-27-15-7-5-14(6-8-15)21-23-22-13-28-21)25-17(19-4-2-10-30-19)11-16(24-25)18-3-1-9-29-18/h1-10,13,17H,11-12H2. The van der Waals surface area contributed by atoms with Crippen LogP contribution in [0.15, 0.2) is 75.2 Å². The molecule has 30 heavy (non-hydrogen) atoms. The van der Waals surface area contributed by atoms with Crippen molar-refractivity contribution in [2.75, 3.05) is 6.61 Å². The smallest absolute Gasteiger partial charge is 0.281 e. The van der Waals surface area contributed by atoms with Gasteiger partial charge in [0.05, 0.1) is 16.6 Å². The van der Waals surface area contributed by atoms with Crippen molar-refractivity contribution in [2.24, 2.45) is 5.10 Å². The van der Waals surface area contributed by atoms with Crippen LogP contribution in [-0.4, -0.2) is 33.4 Å². The number of aromatic nitrogens is 2. The van der Waals surface area contributed by atoms with E-state index >= 15 is 0 Å². The van der Waals surface area contributed by atoms with Crippen molar-refractivity contribution < 1.29 is 13.9 Å². The van der Waals surface area contributed by atoms with Crippen molar-refractivity contribution in [2.45, 2.75) is 12.5 Å². The average molecular weight is 437 g/mol. The van der Waals surface area contributed by atoms with E-state index in [-0.39, 0.29) is 18.6 Å². The second-order valence-electron chi connectivity index (χ2n) is 6.55. The fourth-order valence-corrected chi connectivity index (χ4v) is 4.77. The Labute approximate surface area is 180 Å². The van der Waals surface area contributed by atoms with Gasteiger partial charge in [-0.3, -0.25) is 4.79 Å². The number of benzene rings is 1. The minimum absolute atomic E-state index is 0.0942. The molecule has 1 aliphatic rings. The molecule has 0 saturated carbocycles. The van der Waals surface area contributed by atoms with E-state index in [4.69, 9.17) is 9.15 Å². The fraction of sp³-hybridized carbons (Fsp3) is 0.143. The Bertz CT molecular complexity index is 1140.